The van der Waals surface area contributed by atoms with E-state index in [1.165, 1.54) is 6.42 Å². The van der Waals surface area contributed by atoms with Gasteiger partial charge >= 0.3 is 5.97 Å². The molecule has 1 aliphatic heterocycles. The highest BCUT2D eigenvalue weighted by molar-refractivity contribution is 5.78. The van der Waals surface area contributed by atoms with Crippen LogP contribution >= 0.6 is 0 Å². The van der Waals surface area contributed by atoms with Gasteiger partial charge in [-0.2, -0.15) is 0 Å². The van der Waals surface area contributed by atoms with E-state index in [1.807, 2.05) is 19.9 Å². The second-order valence-electron chi connectivity index (χ2n) is 10.2. The monoisotopic (exact) mass is 404 g/mol. The Bertz CT molecular complexity index is 816. The number of benzene rings is 1. The number of hydrogen-bond acceptors (Lipinski definition) is 4. The second-order valence-corrected chi connectivity index (χ2v) is 10.2. The van der Waals surface area contributed by atoms with Crippen molar-refractivity contribution in [3.63, 3.8) is 0 Å². The molecule has 29 heavy (non-hydrogen) atoms. The quantitative estimate of drug-likeness (QED) is 0.712. The van der Waals surface area contributed by atoms with Gasteiger partial charge in [-0.15, -0.1) is 0 Å². The molecular weight excluding hydrogens is 368 g/mol. The van der Waals surface area contributed by atoms with Gasteiger partial charge < -0.3 is 19.3 Å². The maximum atomic E-state index is 12.2. The topological polar surface area (TPSA) is 65.0 Å². The van der Waals surface area contributed by atoms with Crippen molar-refractivity contribution in [1.29, 1.82) is 0 Å². The minimum atomic E-state index is -1.07. The Labute approximate surface area is 174 Å². The molecule has 162 valence electrons. The SMILES string of the molecule is CO[C@@]1(C)O[C@@](C)(OC)c2c1ccc([C@@]1(C)CCCC(C)(C)C1)c2[C@@H](C)C(=O)O. The molecule has 5 heteroatoms. The summed E-state index contributed by atoms with van der Waals surface area (Å²) in [5, 5.41) is 9.99. The molecule has 0 amide bonds. The van der Waals surface area contributed by atoms with Crippen molar-refractivity contribution >= 4 is 5.97 Å². The molecule has 0 saturated heterocycles. The van der Waals surface area contributed by atoms with E-state index in [9.17, 15) is 9.90 Å². The smallest absolute Gasteiger partial charge is 0.310 e. The Morgan fingerprint density at radius 3 is 2.14 bits per heavy atom. The van der Waals surface area contributed by atoms with Gasteiger partial charge in [0.05, 0.1) is 5.92 Å². The first-order valence-corrected chi connectivity index (χ1v) is 10.5. The van der Waals surface area contributed by atoms with Crippen molar-refractivity contribution in [3.05, 3.63) is 34.4 Å². The number of ether oxygens (including phenoxy) is 3. The number of fused-ring (bicyclic) bond motifs is 1. The lowest BCUT2D eigenvalue weighted by Crippen LogP contribution is -2.37. The predicted molar refractivity (Wildman–Crippen MR) is 112 cm³/mol. The van der Waals surface area contributed by atoms with Crippen molar-refractivity contribution in [3.8, 4) is 0 Å². The number of methoxy groups -OCH3 is 2. The van der Waals surface area contributed by atoms with Crippen molar-refractivity contribution in [2.24, 2.45) is 5.41 Å². The number of carboxylic acids is 1. The van der Waals surface area contributed by atoms with E-state index in [0.717, 1.165) is 41.5 Å². The highest BCUT2D eigenvalue weighted by atomic mass is 16.8. The van der Waals surface area contributed by atoms with Gasteiger partial charge in [0, 0.05) is 25.3 Å². The zero-order chi connectivity index (χ0) is 21.8. The molecule has 5 nitrogen and oxygen atoms in total. The van der Waals surface area contributed by atoms with Crippen LogP contribution in [-0.4, -0.2) is 25.3 Å². The summed E-state index contributed by atoms with van der Waals surface area (Å²) in [6, 6.07) is 4.15. The van der Waals surface area contributed by atoms with E-state index >= 15 is 0 Å². The van der Waals surface area contributed by atoms with Gasteiger partial charge in [-0.05, 0) is 62.0 Å². The number of hydrogen-bond donors (Lipinski definition) is 1. The van der Waals surface area contributed by atoms with Gasteiger partial charge in [0.2, 0.25) is 0 Å². The maximum absolute atomic E-state index is 12.2. The van der Waals surface area contributed by atoms with Crippen LogP contribution in [0, 0.1) is 5.41 Å². The van der Waals surface area contributed by atoms with Crippen molar-refractivity contribution < 1.29 is 24.1 Å². The van der Waals surface area contributed by atoms with Crippen molar-refractivity contribution in [2.45, 2.75) is 90.1 Å². The fourth-order valence-corrected chi connectivity index (χ4v) is 5.78. The molecule has 1 aliphatic carbocycles. The van der Waals surface area contributed by atoms with E-state index in [1.54, 1.807) is 21.1 Å². The second kappa shape index (κ2) is 7.07. The van der Waals surface area contributed by atoms with Crippen molar-refractivity contribution in [2.75, 3.05) is 14.2 Å². The number of carboxylic acid groups (broad SMARTS) is 1. The number of carbonyl (C=O) groups is 1. The molecule has 4 atom stereocenters. The first-order chi connectivity index (χ1) is 13.3. The molecule has 2 aliphatic rings. The van der Waals surface area contributed by atoms with E-state index in [-0.39, 0.29) is 10.8 Å². The fourth-order valence-electron chi connectivity index (χ4n) is 5.78. The Morgan fingerprint density at radius 1 is 1.03 bits per heavy atom. The van der Waals surface area contributed by atoms with E-state index in [4.69, 9.17) is 14.2 Å². The minimum Gasteiger partial charge on any atom is -0.481 e. The van der Waals surface area contributed by atoms with Crippen LogP contribution < -0.4 is 0 Å². The van der Waals surface area contributed by atoms with E-state index < -0.39 is 23.5 Å². The average molecular weight is 405 g/mol. The molecular formula is C24H36O5. The van der Waals surface area contributed by atoms with Crippen LogP contribution in [-0.2, 0) is 36.0 Å². The Balaban J connectivity index is 2.33. The first-order valence-electron chi connectivity index (χ1n) is 10.5. The van der Waals surface area contributed by atoms with Gasteiger partial charge in [-0.3, -0.25) is 4.79 Å². The molecule has 0 radical (unpaired) electrons. The van der Waals surface area contributed by atoms with Crippen LogP contribution in [0.25, 0.3) is 0 Å². The van der Waals surface area contributed by atoms with Gasteiger partial charge in [-0.1, -0.05) is 39.3 Å². The lowest BCUT2D eigenvalue weighted by atomic mass is 9.60. The minimum absolute atomic E-state index is 0.101. The van der Waals surface area contributed by atoms with Gasteiger partial charge in [-0.25, -0.2) is 0 Å². The molecule has 1 N–H and O–H groups in total. The van der Waals surface area contributed by atoms with Crippen LogP contribution in [0.3, 0.4) is 0 Å². The predicted octanol–water partition coefficient (Wildman–Crippen LogP) is 5.40. The summed E-state index contributed by atoms with van der Waals surface area (Å²) in [5.74, 6) is -3.59. The molecule has 1 fully saturated rings. The third kappa shape index (κ3) is 3.51. The summed E-state index contributed by atoms with van der Waals surface area (Å²) < 4.78 is 17.8. The molecule has 0 bridgehead atoms. The third-order valence-electron chi connectivity index (χ3n) is 7.26. The summed E-state index contributed by atoms with van der Waals surface area (Å²) >= 11 is 0. The standard InChI is InChI=1S/C24H36O5/c1-15(20(25)26)18-16(22(4)13-9-12-21(2,3)14-22)10-11-17-19(18)24(6,28-8)29-23(17,5)27-7/h10-11,15H,9,12-14H2,1-8H3,(H,25,26)/t15-,22+,23+,24-/m1/s1. The average Bonchev–Trinajstić information content (AvgIpc) is 2.88. The molecule has 1 saturated carbocycles. The Morgan fingerprint density at radius 2 is 1.62 bits per heavy atom. The molecule has 1 aromatic carbocycles. The zero-order valence-corrected chi connectivity index (χ0v) is 19.1. The largest absolute Gasteiger partial charge is 0.481 e. The van der Waals surface area contributed by atoms with Crippen LogP contribution in [0.5, 0.6) is 0 Å². The van der Waals surface area contributed by atoms with Crippen LogP contribution in [0.1, 0.15) is 95.4 Å². The summed E-state index contributed by atoms with van der Waals surface area (Å²) in [5.41, 5.74) is 3.69. The van der Waals surface area contributed by atoms with Crippen LogP contribution in [0.4, 0.5) is 0 Å². The molecule has 0 aromatic heterocycles. The Hall–Kier alpha value is -1.43. The summed E-state index contributed by atoms with van der Waals surface area (Å²) in [4.78, 5) is 12.2. The lowest BCUT2D eigenvalue weighted by molar-refractivity contribution is -0.329. The molecule has 1 aromatic rings. The Kier molecular flexibility index (Phi) is 5.43. The third-order valence-corrected chi connectivity index (χ3v) is 7.26. The lowest BCUT2D eigenvalue weighted by Gasteiger charge is -2.45. The highest BCUT2D eigenvalue weighted by Gasteiger charge is 2.53. The van der Waals surface area contributed by atoms with Gasteiger partial charge in [0.15, 0.2) is 11.6 Å². The van der Waals surface area contributed by atoms with Crippen molar-refractivity contribution in [1.82, 2.24) is 0 Å². The van der Waals surface area contributed by atoms with Gasteiger partial charge in [0.25, 0.3) is 0 Å². The highest BCUT2D eigenvalue weighted by Crippen LogP contribution is 2.55. The summed E-state index contributed by atoms with van der Waals surface area (Å²) in [6.07, 6.45) is 4.39. The molecule has 1 heterocycles. The normalized spacial score (nSPS) is 34.6. The molecule has 0 spiro atoms. The van der Waals surface area contributed by atoms with Crippen LogP contribution in [0.15, 0.2) is 12.1 Å². The van der Waals surface area contributed by atoms with Crippen LogP contribution in [0.2, 0.25) is 0 Å². The van der Waals surface area contributed by atoms with Gasteiger partial charge in [0.1, 0.15) is 0 Å². The summed E-state index contributed by atoms with van der Waals surface area (Å²) in [6.45, 7) is 12.4. The summed E-state index contributed by atoms with van der Waals surface area (Å²) in [7, 11) is 3.20. The number of rotatable bonds is 5. The van der Waals surface area contributed by atoms with E-state index in [0.29, 0.717) is 0 Å². The zero-order valence-electron chi connectivity index (χ0n) is 19.1. The molecule has 0 unspecified atom stereocenters. The first kappa shape index (κ1) is 22.3. The maximum Gasteiger partial charge on any atom is 0.310 e. The molecule has 3 rings (SSSR count). The fraction of sp³-hybridized carbons (Fsp3) is 0.708. The van der Waals surface area contributed by atoms with E-state index in [2.05, 4.69) is 26.8 Å². The number of aliphatic carboxylic acids is 1.